The van der Waals surface area contributed by atoms with Gasteiger partial charge in [-0.3, -0.25) is 4.79 Å². The molecule has 0 spiro atoms. The van der Waals surface area contributed by atoms with Crippen molar-refractivity contribution < 1.29 is 9.53 Å². The third-order valence-corrected chi connectivity index (χ3v) is 6.79. The average molecular weight is 404 g/mol. The summed E-state index contributed by atoms with van der Waals surface area (Å²) in [7, 11) is 1.32. The molecule has 0 amide bonds. The van der Waals surface area contributed by atoms with E-state index in [-0.39, 0.29) is 5.56 Å². The molecule has 4 aromatic heterocycles. The number of fused-ring (bicyclic) bond motifs is 2. The van der Waals surface area contributed by atoms with Gasteiger partial charge in [-0.2, -0.15) is 0 Å². The molecule has 0 atom stereocenters. The summed E-state index contributed by atoms with van der Waals surface area (Å²) in [5.41, 5.74) is 0.346. The highest BCUT2D eigenvalue weighted by Gasteiger charge is 2.19. The first-order valence-corrected chi connectivity index (χ1v) is 10.2. The summed E-state index contributed by atoms with van der Waals surface area (Å²) in [4.78, 5) is 42.0. The van der Waals surface area contributed by atoms with Crippen LogP contribution in [0.3, 0.4) is 0 Å². The minimum Gasteiger partial charge on any atom is -0.465 e. The lowest BCUT2D eigenvalue weighted by Gasteiger charge is -2.02. The van der Waals surface area contributed by atoms with Crippen LogP contribution >= 0.6 is 34.4 Å². The summed E-state index contributed by atoms with van der Waals surface area (Å²) < 4.78 is 4.77. The Labute approximate surface area is 159 Å². The second-order valence-corrected chi connectivity index (χ2v) is 8.21. The van der Waals surface area contributed by atoms with Gasteiger partial charge in [0, 0.05) is 5.39 Å². The maximum absolute atomic E-state index is 12.5. The highest BCUT2D eigenvalue weighted by molar-refractivity contribution is 7.98. The molecule has 4 heterocycles. The van der Waals surface area contributed by atoms with E-state index in [2.05, 4.69) is 19.9 Å². The summed E-state index contributed by atoms with van der Waals surface area (Å²) >= 11 is 4.21. The smallest absolute Gasteiger partial charge is 0.348 e. The van der Waals surface area contributed by atoms with E-state index in [0.29, 0.717) is 32.2 Å². The fraction of sp³-hybridized carbons (Fsp3) is 0.188. The number of aromatic nitrogens is 4. The van der Waals surface area contributed by atoms with Gasteiger partial charge in [0.25, 0.3) is 5.56 Å². The van der Waals surface area contributed by atoms with Crippen LogP contribution < -0.4 is 5.56 Å². The number of methoxy groups -OCH3 is 1. The van der Waals surface area contributed by atoms with Gasteiger partial charge in [0.2, 0.25) is 0 Å². The third kappa shape index (κ3) is 2.89. The third-order valence-electron chi connectivity index (χ3n) is 3.79. The average Bonchev–Trinajstić information content (AvgIpc) is 3.24. The van der Waals surface area contributed by atoms with Gasteiger partial charge < -0.3 is 9.72 Å². The molecule has 0 saturated carbocycles. The number of nitrogens with zero attached hydrogens (tertiary/aromatic N) is 3. The number of esters is 1. The lowest BCUT2D eigenvalue weighted by Crippen LogP contribution is -2.11. The molecule has 0 bridgehead atoms. The lowest BCUT2D eigenvalue weighted by atomic mass is 10.2. The van der Waals surface area contributed by atoms with E-state index < -0.39 is 5.97 Å². The molecule has 10 heteroatoms. The van der Waals surface area contributed by atoms with Crippen LogP contribution in [0.15, 0.2) is 27.6 Å². The number of thiophene rings is 2. The summed E-state index contributed by atoms with van der Waals surface area (Å²) in [6.07, 6.45) is 1.53. The summed E-state index contributed by atoms with van der Waals surface area (Å²) in [6, 6.07) is 1.98. The Bertz CT molecular complexity index is 1190. The van der Waals surface area contributed by atoms with Crippen molar-refractivity contribution >= 4 is 60.8 Å². The molecule has 132 valence electrons. The normalized spacial score (nSPS) is 11.3. The number of ether oxygens (including phenoxy) is 1. The van der Waals surface area contributed by atoms with Gasteiger partial charge in [-0.05, 0) is 23.9 Å². The number of hydrogen-bond donors (Lipinski definition) is 1. The predicted octanol–water partition coefficient (Wildman–Crippen LogP) is 3.38. The molecule has 0 aliphatic carbocycles. The number of thioether (sulfide) groups is 1. The molecular formula is C16H12N4O3S3. The van der Waals surface area contributed by atoms with E-state index in [0.717, 1.165) is 15.2 Å². The van der Waals surface area contributed by atoms with Crippen LogP contribution in [0, 0.1) is 6.92 Å². The fourth-order valence-electron chi connectivity index (χ4n) is 2.56. The number of aryl methyl sites for hydroxylation is 1. The molecule has 0 unspecified atom stereocenters. The maximum Gasteiger partial charge on any atom is 0.348 e. The van der Waals surface area contributed by atoms with Crippen molar-refractivity contribution in [2.24, 2.45) is 0 Å². The van der Waals surface area contributed by atoms with Gasteiger partial charge in [0.15, 0.2) is 0 Å². The quantitative estimate of drug-likeness (QED) is 0.316. The Morgan fingerprint density at radius 1 is 1.35 bits per heavy atom. The molecule has 1 N–H and O–H groups in total. The second-order valence-electron chi connectivity index (χ2n) is 5.35. The molecule has 0 aliphatic rings. The van der Waals surface area contributed by atoms with Crippen molar-refractivity contribution in [3.63, 3.8) is 0 Å². The standard InChI is InChI=1S/C16H12N4O3S3/c1-7-10-12(21)19-9(20-15(10)26-11(7)16(22)23-2)5-25-14-8-3-4-24-13(8)17-6-18-14/h3-4,6H,5H2,1-2H3,(H,19,20,21). The van der Waals surface area contributed by atoms with E-state index in [1.807, 2.05) is 11.4 Å². The first-order valence-electron chi connectivity index (χ1n) is 7.50. The Balaban J connectivity index is 1.68. The highest BCUT2D eigenvalue weighted by Crippen LogP contribution is 2.31. The van der Waals surface area contributed by atoms with Gasteiger partial charge in [-0.1, -0.05) is 11.8 Å². The molecule has 0 aromatic carbocycles. The molecule has 7 nitrogen and oxygen atoms in total. The van der Waals surface area contributed by atoms with Crippen LogP contribution in [-0.2, 0) is 10.5 Å². The molecule has 26 heavy (non-hydrogen) atoms. The summed E-state index contributed by atoms with van der Waals surface area (Å²) in [6.45, 7) is 1.73. The van der Waals surface area contributed by atoms with E-state index in [1.165, 1.54) is 36.5 Å². The molecule has 4 aromatic rings. The van der Waals surface area contributed by atoms with E-state index in [1.54, 1.807) is 18.3 Å². The van der Waals surface area contributed by atoms with Crippen LogP contribution in [0.5, 0.6) is 0 Å². The van der Waals surface area contributed by atoms with Crippen LogP contribution in [0.4, 0.5) is 0 Å². The van der Waals surface area contributed by atoms with Crippen LogP contribution in [0.25, 0.3) is 20.4 Å². The van der Waals surface area contributed by atoms with E-state index >= 15 is 0 Å². The zero-order valence-corrected chi connectivity index (χ0v) is 16.2. The Hall–Kier alpha value is -2.30. The SMILES string of the molecule is COC(=O)c1sc2nc(CSc3ncnc4sccc34)[nH]c(=O)c2c1C. The Kier molecular flexibility index (Phi) is 4.47. The minimum absolute atomic E-state index is 0.252. The highest BCUT2D eigenvalue weighted by atomic mass is 32.2. The molecule has 0 saturated heterocycles. The minimum atomic E-state index is -0.457. The number of carbonyl (C=O) groups excluding carboxylic acids is 1. The second kappa shape index (κ2) is 6.78. The number of hydrogen-bond acceptors (Lipinski definition) is 9. The monoisotopic (exact) mass is 404 g/mol. The number of nitrogens with one attached hydrogen (secondary N) is 1. The molecule has 0 radical (unpaired) electrons. The van der Waals surface area contributed by atoms with Crippen LogP contribution in [0.2, 0.25) is 0 Å². The van der Waals surface area contributed by atoms with E-state index in [9.17, 15) is 9.59 Å². The number of H-pyrrole nitrogens is 1. The maximum atomic E-state index is 12.5. The van der Waals surface area contributed by atoms with Crippen molar-refractivity contribution in [1.82, 2.24) is 19.9 Å². The zero-order valence-electron chi connectivity index (χ0n) is 13.7. The van der Waals surface area contributed by atoms with Crippen molar-refractivity contribution in [3.05, 3.63) is 44.4 Å². The predicted molar refractivity (Wildman–Crippen MR) is 103 cm³/mol. The van der Waals surface area contributed by atoms with Crippen LogP contribution in [-0.4, -0.2) is 33.0 Å². The van der Waals surface area contributed by atoms with Gasteiger partial charge >= 0.3 is 5.97 Å². The lowest BCUT2D eigenvalue weighted by molar-refractivity contribution is 0.0605. The first-order chi connectivity index (χ1) is 12.6. The summed E-state index contributed by atoms with van der Waals surface area (Å²) in [5.74, 6) is 0.534. The topological polar surface area (TPSA) is 97.8 Å². The Morgan fingerprint density at radius 2 is 2.19 bits per heavy atom. The molecular weight excluding hydrogens is 392 g/mol. The number of carbonyl (C=O) groups is 1. The largest absolute Gasteiger partial charge is 0.465 e. The zero-order chi connectivity index (χ0) is 18.3. The van der Waals surface area contributed by atoms with Gasteiger partial charge in [0.05, 0.1) is 18.2 Å². The summed E-state index contributed by atoms with van der Waals surface area (Å²) in [5, 5.41) is 4.24. The molecule has 0 fully saturated rings. The van der Waals surface area contributed by atoms with Crippen LogP contribution in [0.1, 0.15) is 21.1 Å². The van der Waals surface area contributed by atoms with Crippen molar-refractivity contribution in [2.45, 2.75) is 17.7 Å². The Morgan fingerprint density at radius 3 is 3.00 bits per heavy atom. The van der Waals surface area contributed by atoms with E-state index in [4.69, 9.17) is 4.74 Å². The van der Waals surface area contributed by atoms with Gasteiger partial charge in [-0.25, -0.2) is 19.7 Å². The van der Waals surface area contributed by atoms with Crippen molar-refractivity contribution in [1.29, 1.82) is 0 Å². The number of aromatic amines is 1. The van der Waals surface area contributed by atoms with Gasteiger partial charge in [-0.15, -0.1) is 22.7 Å². The first kappa shape index (κ1) is 17.1. The molecule has 4 rings (SSSR count). The fourth-order valence-corrected chi connectivity index (χ4v) is 5.33. The van der Waals surface area contributed by atoms with Crippen molar-refractivity contribution in [2.75, 3.05) is 7.11 Å². The number of rotatable bonds is 4. The van der Waals surface area contributed by atoms with Crippen molar-refractivity contribution in [3.8, 4) is 0 Å². The van der Waals surface area contributed by atoms with Gasteiger partial charge in [0.1, 0.15) is 31.7 Å². The molecule has 0 aliphatic heterocycles.